The molecule has 0 aromatic heterocycles. The maximum absolute atomic E-state index is 12.4. The lowest BCUT2D eigenvalue weighted by molar-refractivity contribution is -0.122. The molecule has 0 bridgehead atoms. The molecule has 128 valence electrons. The lowest BCUT2D eigenvalue weighted by Crippen LogP contribution is -2.44. The highest BCUT2D eigenvalue weighted by Crippen LogP contribution is 2.24. The van der Waals surface area contributed by atoms with Gasteiger partial charge >= 0.3 is 0 Å². The Bertz CT molecular complexity index is 826. The van der Waals surface area contributed by atoms with Gasteiger partial charge in [-0.25, -0.2) is 8.42 Å². The zero-order valence-corrected chi connectivity index (χ0v) is 15.1. The van der Waals surface area contributed by atoms with Crippen LogP contribution < -0.4 is 10.0 Å². The third-order valence-corrected chi connectivity index (χ3v) is 5.47. The van der Waals surface area contributed by atoms with Gasteiger partial charge in [0.05, 0.1) is 11.1 Å². The molecule has 0 aliphatic heterocycles. The Morgan fingerprint density at radius 3 is 2.46 bits per heavy atom. The lowest BCUT2D eigenvalue weighted by atomic mass is 10.2. The monoisotopic (exact) mass is 386 g/mol. The van der Waals surface area contributed by atoms with Crippen molar-refractivity contribution in [2.75, 3.05) is 0 Å². The molecule has 0 spiro atoms. The molecule has 5 nitrogen and oxygen atoms in total. The summed E-state index contributed by atoms with van der Waals surface area (Å²) in [7, 11) is -3.97. The van der Waals surface area contributed by atoms with E-state index in [9.17, 15) is 13.2 Å². The summed E-state index contributed by atoms with van der Waals surface area (Å²) in [6.45, 7) is 1.76. The minimum atomic E-state index is -3.97. The predicted molar refractivity (Wildman–Crippen MR) is 94.5 cm³/mol. The fourth-order valence-corrected chi connectivity index (χ4v) is 3.94. The molecular formula is C16H16Cl2N2O3S. The van der Waals surface area contributed by atoms with E-state index >= 15 is 0 Å². The molecule has 2 rings (SSSR count). The van der Waals surface area contributed by atoms with Gasteiger partial charge in [0.25, 0.3) is 0 Å². The maximum atomic E-state index is 12.4. The van der Waals surface area contributed by atoms with E-state index in [1.54, 1.807) is 0 Å². The van der Waals surface area contributed by atoms with Crippen LogP contribution in [-0.4, -0.2) is 20.4 Å². The van der Waals surface area contributed by atoms with E-state index in [0.717, 1.165) is 5.56 Å². The Labute approximate surface area is 151 Å². The van der Waals surface area contributed by atoms with Crippen LogP contribution in [0.2, 0.25) is 10.0 Å². The molecule has 0 aliphatic rings. The number of carbonyl (C=O) groups is 1. The zero-order valence-electron chi connectivity index (χ0n) is 12.8. The van der Waals surface area contributed by atoms with Crippen molar-refractivity contribution in [2.24, 2.45) is 0 Å². The number of carbonyl (C=O) groups excluding carboxylic acids is 1. The molecule has 8 heteroatoms. The quantitative estimate of drug-likeness (QED) is 0.800. The molecular weight excluding hydrogens is 371 g/mol. The first-order chi connectivity index (χ1) is 11.3. The molecule has 24 heavy (non-hydrogen) atoms. The highest BCUT2D eigenvalue weighted by atomic mass is 35.5. The predicted octanol–water partition coefficient (Wildman–Crippen LogP) is 2.98. The van der Waals surface area contributed by atoms with Crippen LogP contribution in [0.15, 0.2) is 53.4 Å². The van der Waals surface area contributed by atoms with Gasteiger partial charge in [0.2, 0.25) is 15.9 Å². The third kappa shape index (κ3) is 4.95. The van der Waals surface area contributed by atoms with Crippen LogP contribution in [-0.2, 0) is 21.4 Å². The number of amides is 1. The van der Waals surface area contributed by atoms with Crippen molar-refractivity contribution in [3.8, 4) is 0 Å². The van der Waals surface area contributed by atoms with Gasteiger partial charge in [-0.3, -0.25) is 4.79 Å². The van der Waals surface area contributed by atoms with Crippen molar-refractivity contribution in [3.05, 3.63) is 64.1 Å². The van der Waals surface area contributed by atoms with Crippen LogP contribution in [0, 0.1) is 0 Å². The van der Waals surface area contributed by atoms with E-state index in [0.29, 0.717) is 6.54 Å². The van der Waals surface area contributed by atoms with Gasteiger partial charge < -0.3 is 5.32 Å². The first kappa shape index (κ1) is 18.7. The molecule has 0 saturated heterocycles. The van der Waals surface area contributed by atoms with Gasteiger partial charge in [0.1, 0.15) is 4.90 Å². The fraction of sp³-hybridized carbons (Fsp3) is 0.188. The van der Waals surface area contributed by atoms with E-state index in [4.69, 9.17) is 23.2 Å². The largest absolute Gasteiger partial charge is 0.351 e. The molecule has 1 atom stereocenters. The Balaban J connectivity index is 2.03. The van der Waals surface area contributed by atoms with E-state index in [1.165, 1.54) is 25.1 Å². The van der Waals surface area contributed by atoms with Crippen LogP contribution in [0.1, 0.15) is 12.5 Å². The smallest absolute Gasteiger partial charge is 0.242 e. The molecule has 1 amide bonds. The van der Waals surface area contributed by atoms with Crippen molar-refractivity contribution in [1.82, 2.24) is 10.0 Å². The van der Waals surface area contributed by atoms with Gasteiger partial charge in [0, 0.05) is 11.6 Å². The van der Waals surface area contributed by atoms with Crippen LogP contribution in [0.3, 0.4) is 0 Å². The van der Waals surface area contributed by atoms with E-state index < -0.39 is 22.0 Å². The summed E-state index contributed by atoms with van der Waals surface area (Å²) in [5.74, 6) is -0.444. The number of hydrogen-bond donors (Lipinski definition) is 2. The molecule has 0 fully saturated rings. The van der Waals surface area contributed by atoms with Crippen molar-refractivity contribution in [1.29, 1.82) is 0 Å². The number of nitrogens with one attached hydrogen (secondary N) is 2. The second-order valence-electron chi connectivity index (χ2n) is 5.12. The summed E-state index contributed by atoms with van der Waals surface area (Å²) in [5.41, 5.74) is 0.916. The Morgan fingerprint density at radius 1 is 1.12 bits per heavy atom. The highest BCUT2D eigenvalue weighted by molar-refractivity contribution is 7.89. The van der Waals surface area contributed by atoms with Crippen molar-refractivity contribution >= 4 is 39.1 Å². The van der Waals surface area contributed by atoms with E-state index in [2.05, 4.69) is 10.0 Å². The topological polar surface area (TPSA) is 75.3 Å². The third-order valence-electron chi connectivity index (χ3n) is 3.22. The molecule has 2 N–H and O–H groups in total. The van der Waals surface area contributed by atoms with Gasteiger partial charge in [-0.15, -0.1) is 0 Å². The summed E-state index contributed by atoms with van der Waals surface area (Å²) in [6, 6.07) is 12.5. The number of rotatable bonds is 6. The average Bonchev–Trinajstić information content (AvgIpc) is 2.55. The zero-order chi connectivity index (χ0) is 17.7. The van der Waals surface area contributed by atoms with Crippen molar-refractivity contribution in [3.63, 3.8) is 0 Å². The SMILES string of the molecule is CC(NS(=O)(=O)c1cc(Cl)ccc1Cl)C(=O)NCc1ccccc1. The number of benzene rings is 2. The minimum absolute atomic E-state index is 0.0313. The second-order valence-corrected chi connectivity index (χ2v) is 7.65. The molecule has 0 radical (unpaired) electrons. The van der Waals surface area contributed by atoms with Gasteiger partial charge in [-0.1, -0.05) is 53.5 Å². The lowest BCUT2D eigenvalue weighted by Gasteiger charge is -2.15. The number of sulfonamides is 1. The van der Waals surface area contributed by atoms with Crippen LogP contribution in [0.25, 0.3) is 0 Å². The molecule has 0 heterocycles. The van der Waals surface area contributed by atoms with Crippen LogP contribution >= 0.6 is 23.2 Å². The van der Waals surface area contributed by atoms with E-state index in [-0.39, 0.29) is 14.9 Å². The average molecular weight is 387 g/mol. The Kier molecular flexibility index (Phi) is 6.23. The fourth-order valence-electron chi connectivity index (χ4n) is 1.97. The van der Waals surface area contributed by atoms with Crippen molar-refractivity contribution < 1.29 is 13.2 Å². The van der Waals surface area contributed by atoms with Crippen LogP contribution in [0.4, 0.5) is 0 Å². The number of hydrogen-bond acceptors (Lipinski definition) is 3. The number of halogens is 2. The van der Waals surface area contributed by atoms with Gasteiger partial charge in [-0.2, -0.15) is 4.72 Å². The Morgan fingerprint density at radius 2 is 1.79 bits per heavy atom. The summed E-state index contributed by atoms with van der Waals surface area (Å²) >= 11 is 11.7. The first-order valence-electron chi connectivity index (χ1n) is 7.08. The summed E-state index contributed by atoms with van der Waals surface area (Å²) in [4.78, 5) is 11.9. The van der Waals surface area contributed by atoms with Gasteiger partial charge in [-0.05, 0) is 30.7 Å². The van der Waals surface area contributed by atoms with Gasteiger partial charge in [0.15, 0.2) is 0 Å². The molecule has 0 aliphatic carbocycles. The summed E-state index contributed by atoms with van der Waals surface area (Å²) < 4.78 is 27.0. The summed E-state index contributed by atoms with van der Waals surface area (Å²) in [5, 5.41) is 2.94. The van der Waals surface area contributed by atoms with Crippen molar-refractivity contribution in [2.45, 2.75) is 24.4 Å². The van der Waals surface area contributed by atoms with E-state index in [1.807, 2.05) is 30.3 Å². The molecule has 1 unspecified atom stereocenters. The minimum Gasteiger partial charge on any atom is -0.351 e. The summed E-state index contributed by atoms with van der Waals surface area (Å²) in [6.07, 6.45) is 0. The Hall–Kier alpha value is -1.60. The first-order valence-corrected chi connectivity index (χ1v) is 9.32. The standard InChI is InChI=1S/C16H16Cl2N2O3S/c1-11(16(21)19-10-12-5-3-2-4-6-12)20-24(22,23)15-9-13(17)7-8-14(15)18/h2-9,11,20H,10H2,1H3,(H,19,21). The molecule has 0 saturated carbocycles. The van der Waals surface area contributed by atoms with Crippen LogP contribution in [0.5, 0.6) is 0 Å². The molecule has 2 aromatic carbocycles. The molecule has 2 aromatic rings. The highest BCUT2D eigenvalue weighted by Gasteiger charge is 2.24. The maximum Gasteiger partial charge on any atom is 0.242 e. The normalized spacial score (nSPS) is 12.6. The second kappa shape index (κ2) is 7.98.